The summed E-state index contributed by atoms with van der Waals surface area (Å²) in [6, 6.07) is 98.5. The third-order valence-corrected chi connectivity index (χ3v) is 19.4. The van der Waals surface area contributed by atoms with Crippen molar-refractivity contribution in [2.45, 2.75) is 0 Å². The fraction of sp³-hybridized carbons (Fsp3) is 0. The van der Waals surface area contributed by atoms with E-state index in [1.54, 1.807) is 6.20 Å². The van der Waals surface area contributed by atoms with Crippen molar-refractivity contribution in [1.82, 2.24) is 19.9 Å². The van der Waals surface area contributed by atoms with E-state index in [0.29, 0.717) is 11.4 Å². The molecule has 92 heavy (non-hydrogen) atoms. The number of thiophene rings is 1. The lowest BCUT2D eigenvalue weighted by Crippen LogP contribution is -1.88. The van der Waals surface area contributed by atoms with Crippen molar-refractivity contribution in [2.24, 2.45) is 0 Å². The minimum atomic E-state index is 0.548. The van der Waals surface area contributed by atoms with Crippen LogP contribution in [-0.2, 0) is 0 Å². The average molecular weight is 1190 g/mol. The zero-order valence-electron chi connectivity index (χ0n) is 49.1. The Labute approximate surface area is 529 Å². The number of rotatable bonds is 6. The highest BCUT2D eigenvalue weighted by Crippen LogP contribution is 2.46. The molecule has 6 heterocycles. The first-order valence-electron chi connectivity index (χ1n) is 30.8. The number of fused-ring (bicyclic) bond motifs is 20. The SMILES string of the molecule is c1cc(-c2cccc(-c3cc4ccccc4c4c3sc3ccccc34)c2)cc(-c2cnc3oc4ccc5ccccc5c4c3n2)c1.c1cc(-c2cccc(-c3cccc4c3oc3c5ccccc5ccc43)c2)cc(-c2cnc3oc4ccc5ccccc5c4c3n2)c1. The summed E-state index contributed by atoms with van der Waals surface area (Å²) in [5.74, 6) is 0. The quantitative estimate of drug-likeness (QED) is 0.164. The van der Waals surface area contributed by atoms with Crippen molar-refractivity contribution in [3.05, 3.63) is 291 Å². The Kier molecular flexibility index (Phi) is 11.7. The van der Waals surface area contributed by atoms with Gasteiger partial charge in [-0.15, -0.1) is 11.3 Å². The van der Waals surface area contributed by atoms with Gasteiger partial charge in [-0.05, 0) is 126 Å². The van der Waals surface area contributed by atoms with Crippen molar-refractivity contribution in [3.8, 4) is 67.0 Å². The number of para-hydroxylation sites is 1. The predicted molar refractivity (Wildman–Crippen MR) is 381 cm³/mol. The Morgan fingerprint density at radius 3 is 1.28 bits per heavy atom. The summed E-state index contributed by atoms with van der Waals surface area (Å²) in [5, 5.41) is 16.3. The van der Waals surface area contributed by atoms with Gasteiger partial charge >= 0.3 is 0 Å². The number of furan rings is 3. The maximum atomic E-state index is 6.64. The molecule has 0 bridgehead atoms. The van der Waals surface area contributed by atoms with Crippen LogP contribution in [-0.4, -0.2) is 19.9 Å². The molecule has 14 aromatic carbocycles. The summed E-state index contributed by atoms with van der Waals surface area (Å²) in [6.45, 7) is 0. The van der Waals surface area contributed by atoms with Crippen LogP contribution in [0.4, 0.5) is 0 Å². The fourth-order valence-electron chi connectivity index (χ4n) is 13.9. The number of hydrogen-bond donors (Lipinski definition) is 0. The molecule has 0 unspecified atom stereocenters. The molecule has 0 aliphatic heterocycles. The van der Waals surface area contributed by atoms with Crippen LogP contribution in [0.1, 0.15) is 0 Å². The van der Waals surface area contributed by atoms with E-state index in [1.807, 2.05) is 41.8 Å². The van der Waals surface area contributed by atoms with E-state index >= 15 is 0 Å². The van der Waals surface area contributed by atoms with Crippen molar-refractivity contribution in [2.75, 3.05) is 0 Å². The van der Waals surface area contributed by atoms with Gasteiger partial charge in [-0.3, -0.25) is 0 Å². The van der Waals surface area contributed by atoms with E-state index in [-0.39, 0.29) is 0 Å². The first-order chi connectivity index (χ1) is 45.6. The third kappa shape index (κ3) is 8.42. The summed E-state index contributed by atoms with van der Waals surface area (Å²) in [5.41, 5.74) is 18.9. The van der Waals surface area contributed by atoms with Crippen LogP contribution in [0.2, 0.25) is 0 Å². The molecule has 7 nitrogen and oxygen atoms in total. The van der Waals surface area contributed by atoms with E-state index in [2.05, 4.69) is 260 Å². The molecule has 0 spiro atoms. The lowest BCUT2D eigenvalue weighted by molar-refractivity contribution is 0.653. The van der Waals surface area contributed by atoms with Gasteiger partial charge in [-0.1, -0.05) is 224 Å². The average Bonchev–Trinajstić information content (AvgIpc) is 1.63. The lowest BCUT2D eigenvalue weighted by Gasteiger charge is -2.11. The smallest absolute Gasteiger partial charge is 0.246 e. The third-order valence-electron chi connectivity index (χ3n) is 18.2. The van der Waals surface area contributed by atoms with E-state index in [4.69, 9.17) is 28.2 Å². The largest absolute Gasteiger partial charge is 0.455 e. The molecule has 8 heteroatoms. The molecule has 0 saturated heterocycles. The summed E-state index contributed by atoms with van der Waals surface area (Å²) >= 11 is 1.88. The van der Waals surface area contributed by atoms with Crippen LogP contribution in [0.3, 0.4) is 0 Å². The second-order valence-corrected chi connectivity index (χ2v) is 24.6. The maximum absolute atomic E-state index is 6.64. The second-order valence-electron chi connectivity index (χ2n) is 23.6. The molecule has 20 aromatic rings. The molecular formula is C84H48N4O3S. The van der Waals surface area contributed by atoms with Crippen LogP contribution >= 0.6 is 11.3 Å². The first kappa shape index (κ1) is 51.9. The van der Waals surface area contributed by atoms with Crippen LogP contribution in [0.15, 0.2) is 305 Å². The van der Waals surface area contributed by atoms with Gasteiger partial charge in [0, 0.05) is 58.6 Å². The van der Waals surface area contributed by atoms with Gasteiger partial charge in [0.2, 0.25) is 11.4 Å². The maximum Gasteiger partial charge on any atom is 0.246 e. The topological polar surface area (TPSA) is 91.0 Å². The number of benzene rings is 14. The summed E-state index contributed by atoms with van der Waals surface area (Å²) in [7, 11) is 0. The fourth-order valence-corrected chi connectivity index (χ4v) is 15.1. The zero-order chi connectivity index (χ0) is 60.4. The standard InChI is InChI=1S/C42H24N2O2.C42H24N2OS/c1-3-14-31-25(8-1)19-21-37-38(31)39-42(45-37)43-24-36(44-39)30-13-6-11-28(23-30)27-10-5-12-29(22-27)33-16-7-17-34-35-20-18-26-9-2-4-15-32(26)40(35)46-41(33)34;1-3-15-31-25(9-1)19-20-36-39(31)40-42(45-36)43-24-35(44-40)30-14-8-12-27(22-30)26-11-7-13-28(21-26)34-23-29-10-2-4-16-32(29)38-33-17-5-6-18-37(33)46-41(34)38/h2*1-24H. The molecule has 0 atom stereocenters. The first-order valence-corrected chi connectivity index (χ1v) is 31.6. The Bertz CT molecular complexity index is 6430. The number of aromatic nitrogens is 4. The molecule has 0 radical (unpaired) electrons. The minimum Gasteiger partial charge on any atom is -0.455 e. The van der Waals surface area contributed by atoms with E-state index in [9.17, 15) is 0 Å². The highest BCUT2D eigenvalue weighted by atomic mass is 32.1. The molecular weight excluding hydrogens is 1150 g/mol. The number of hydrogen-bond acceptors (Lipinski definition) is 8. The predicted octanol–water partition coefficient (Wildman–Crippen LogP) is 23.6. The van der Waals surface area contributed by atoms with Gasteiger partial charge in [0.15, 0.2) is 0 Å². The Morgan fingerprint density at radius 1 is 0.272 bits per heavy atom. The van der Waals surface area contributed by atoms with Crippen LogP contribution in [0.25, 0.3) is 197 Å². The molecule has 0 saturated carbocycles. The van der Waals surface area contributed by atoms with Gasteiger partial charge < -0.3 is 13.3 Å². The van der Waals surface area contributed by atoms with Gasteiger partial charge in [0.1, 0.15) is 33.4 Å². The minimum absolute atomic E-state index is 0.548. The van der Waals surface area contributed by atoms with Crippen molar-refractivity contribution < 1.29 is 13.3 Å². The molecule has 0 N–H and O–H groups in total. The van der Waals surface area contributed by atoms with Gasteiger partial charge in [-0.2, -0.15) is 0 Å². The summed E-state index contributed by atoms with van der Waals surface area (Å²) < 4.78 is 21.5. The molecule has 0 aliphatic rings. The summed E-state index contributed by atoms with van der Waals surface area (Å²) in [6.07, 6.45) is 3.62. The van der Waals surface area contributed by atoms with Crippen LogP contribution in [0.5, 0.6) is 0 Å². The molecule has 0 amide bonds. The molecule has 428 valence electrons. The Hall–Kier alpha value is -12.1. The van der Waals surface area contributed by atoms with Gasteiger partial charge in [-0.25, -0.2) is 19.9 Å². The van der Waals surface area contributed by atoms with E-state index in [0.717, 1.165) is 138 Å². The highest BCUT2D eigenvalue weighted by molar-refractivity contribution is 7.26. The van der Waals surface area contributed by atoms with Crippen molar-refractivity contribution in [3.63, 3.8) is 0 Å². The van der Waals surface area contributed by atoms with Gasteiger partial charge in [0.05, 0.1) is 34.6 Å². The number of nitrogens with zero attached hydrogens (tertiary/aromatic N) is 4. The van der Waals surface area contributed by atoms with E-state index < -0.39 is 0 Å². The molecule has 0 aliphatic carbocycles. The second kappa shape index (κ2) is 20.8. The molecule has 0 fully saturated rings. The van der Waals surface area contributed by atoms with Crippen molar-refractivity contribution in [1.29, 1.82) is 0 Å². The molecule has 20 rings (SSSR count). The molecule has 6 aromatic heterocycles. The zero-order valence-corrected chi connectivity index (χ0v) is 50.0. The Balaban J connectivity index is 0.000000132. The monoisotopic (exact) mass is 1190 g/mol. The Morgan fingerprint density at radius 2 is 0.696 bits per heavy atom. The van der Waals surface area contributed by atoms with Gasteiger partial charge in [0.25, 0.3) is 0 Å². The highest BCUT2D eigenvalue weighted by Gasteiger charge is 2.20. The summed E-state index contributed by atoms with van der Waals surface area (Å²) in [4.78, 5) is 19.6. The van der Waals surface area contributed by atoms with Crippen LogP contribution in [0, 0.1) is 0 Å². The van der Waals surface area contributed by atoms with E-state index in [1.165, 1.54) is 47.5 Å². The van der Waals surface area contributed by atoms with Crippen LogP contribution < -0.4 is 0 Å². The lowest BCUT2D eigenvalue weighted by atomic mass is 9.94. The normalized spacial score (nSPS) is 11.9. The van der Waals surface area contributed by atoms with Crippen molar-refractivity contribution >= 4 is 141 Å².